The second kappa shape index (κ2) is 9.25. The predicted molar refractivity (Wildman–Crippen MR) is 81.2 cm³/mol. The molecule has 0 aliphatic rings. The highest BCUT2D eigenvalue weighted by Gasteiger charge is 2.04. The summed E-state index contributed by atoms with van der Waals surface area (Å²) in [5.74, 6) is 1.81. The van der Waals surface area contributed by atoms with Crippen LogP contribution in [-0.2, 0) is 10.5 Å². The molecule has 0 saturated heterocycles. The zero-order valence-corrected chi connectivity index (χ0v) is 12.4. The molecule has 5 heteroatoms. The van der Waals surface area contributed by atoms with Gasteiger partial charge in [0.1, 0.15) is 0 Å². The number of amides is 1. The number of halogens is 1. The van der Waals surface area contributed by atoms with Crippen molar-refractivity contribution < 1.29 is 4.79 Å². The number of hydrogen-bond donors (Lipinski definition) is 2. The van der Waals surface area contributed by atoms with Crippen molar-refractivity contribution in [2.24, 2.45) is 5.73 Å². The molecule has 0 saturated carbocycles. The molecule has 0 radical (unpaired) electrons. The molecule has 0 aliphatic heterocycles. The molecule has 0 aliphatic carbocycles. The third-order valence-electron chi connectivity index (χ3n) is 2.35. The molecular formula is C13H21ClN2OS. The molecule has 0 heterocycles. The molecule has 0 spiro atoms. The fourth-order valence-electron chi connectivity index (χ4n) is 1.28. The molecule has 3 nitrogen and oxygen atoms in total. The molecule has 1 aromatic carbocycles. The molecule has 1 atom stereocenters. The summed E-state index contributed by atoms with van der Waals surface area (Å²) in [4.78, 5) is 11.2. The molecule has 1 aromatic rings. The topological polar surface area (TPSA) is 55.1 Å². The van der Waals surface area contributed by atoms with Crippen LogP contribution in [-0.4, -0.2) is 24.2 Å². The maximum Gasteiger partial charge on any atom is 0.236 e. The van der Waals surface area contributed by atoms with Gasteiger partial charge in [-0.2, -0.15) is 11.8 Å². The van der Waals surface area contributed by atoms with Gasteiger partial charge in [0, 0.05) is 18.1 Å². The second-order valence-electron chi connectivity index (χ2n) is 4.12. The number of hydrogen-bond acceptors (Lipinski definition) is 3. The SMILES string of the molecule is Cc1ccc(CSCCNC(=O)[C@@H](C)N)cc1.Cl. The molecule has 0 aromatic heterocycles. The molecule has 1 amide bonds. The van der Waals surface area contributed by atoms with Crippen LogP contribution < -0.4 is 11.1 Å². The summed E-state index contributed by atoms with van der Waals surface area (Å²) in [6, 6.07) is 8.10. The Labute approximate surface area is 119 Å². The quantitative estimate of drug-likeness (QED) is 0.789. The number of nitrogens with one attached hydrogen (secondary N) is 1. The van der Waals surface area contributed by atoms with Crippen LogP contribution in [0, 0.1) is 6.92 Å². The summed E-state index contributed by atoms with van der Waals surface area (Å²) in [6.07, 6.45) is 0. The third kappa shape index (κ3) is 6.89. The van der Waals surface area contributed by atoms with Gasteiger partial charge >= 0.3 is 0 Å². The lowest BCUT2D eigenvalue weighted by molar-refractivity contribution is -0.121. The van der Waals surface area contributed by atoms with Gasteiger partial charge in [0.15, 0.2) is 0 Å². The summed E-state index contributed by atoms with van der Waals surface area (Å²) in [7, 11) is 0. The zero-order valence-electron chi connectivity index (χ0n) is 10.8. The van der Waals surface area contributed by atoms with E-state index in [4.69, 9.17) is 5.73 Å². The van der Waals surface area contributed by atoms with Crippen molar-refractivity contribution in [2.75, 3.05) is 12.3 Å². The van der Waals surface area contributed by atoms with Gasteiger partial charge in [0.2, 0.25) is 5.91 Å². The van der Waals surface area contributed by atoms with Gasteiger partial charge in [0.05, 0.1) is 6.04 Å². The molecule has 1 rings (SSSR count). The lowest BCUT2D eigenvalue weighted by Gasteiger charge is -2.07. The first-order valence-electron chi connectivity index (χ1n) is 5.76. The zero-order chi connectivity index (χ0) is 12.7. The van der Waals surface area contributed by atoms with E-state index in [1.54, 1.807) is 6.92 Å². The normalized spacial score (nSPS) is 11.5. The van der Waals surface area contributed by atoms with Crippen LogP contribution in [0.5, 0.6) is 0 Å². The lowest BCUT2D eigenvalue weighted by Crippen LogP contribution is -2.39. The molecule has 0 bridgehead atoms. The van der Waals surface area contributed by atoms with E-state index < -0.39 is 6.04 Å². The van der Waals surface area contributed by atoms with Crippen LogP contribution in [0.3, 0.4) is 0 Å². The fourth-order valence-corrected chi connectivity index (χ4v) is 2.10. The molecule has 3 N–H and O–H groups in total. The molecular weight excluding hydrogens is 268 g/mol. The Balaban J connectivity index is 0.00000289. The van der Waals surface area contributed by atoms with Crippen molar-refractivity contribution in [3.63, 3.8) is 0 Å². The summed E-state index contributed by atoms with van der Waals surface area (Å²) < 4.78 is 0. The number of aryl methyl sites for hydroxylation is 1. The monoisotopic (exact) mass is 288 g/mol. The van der Waals surface area contributed by atoms with Crippen LogP contribution in [0.15, 0.2) is 24.3 Å². The first kappa shape index (κ1) is 17.3. The van der Waals surface area contributed by atoms with Crippen molar-refractivity contribution >= 4 is 30.1 Å². The van der Waals surface area contributed by atoms with E-state index in [2.05, 4.69) is 36.5 Å². The van der Waals surface area contributed by atoms with Crippen LogP contribution >= 0.6 is 24.2 Å². The minimum atomic E-state index is -0.419. The Kier molecular flexibility index (Phi) is 8.89. The number of benzene rings is 1. The van der Waals surface area contributed by atoms with E-state index in [-0.39, 0.29) is 18.3 Å². The van der Waals surface area contributed by atoms with Gasteiger partial charge in [0.25, 0.3) is 0 Å². The Morgan fingerprint density at radius 2 is 2.00 bits per heavy atom. The van der Waals surface area contributed by atoms with E-state index in [1.165, 1.54) is 11.1 Å². The highest BCUT2D eigenvalue weighted by molar-refractivity contribution is 7.98. The van der Waals surface area contributed by atoms with Gasteiger partial charge in [-0.05, 0) is 19.4 Å². The number of nitrogens with two attached hydrogens (primary N) is 1. The number of thioether (sulfide) groups is 1. The summed E-state index contributed by atoms with van der Waals surface area (Å²) in [5.41, 5.74) is 8.04. The van der Waals surface area contributed by atoms with Gasteiger partial charge in [-0.25, -0.2) is 0 Å². The molecule has 0 fully saturated rings. The average molecular weight is 289 g/mol. The van der Waals surface area contributed by atoms with Gasteiger partial charge in [-0.15, -0.1) is 12.4 Å². The van der Waals surface area contributed by atoms with Crippen molar-refractivity contribution in [3.8, 4) is 0 Å². The van der Waals surface area contributed by atoms with Gasteiger partial charge in [-0.3, -0.25) is 4.79 Å². The van der Waals surface area contributed by atoms with E-state index in [1.807, 2.05) is 11.8 Å². The molecule has 0 unspecified atom stereocenters. The summed E-state index contributed by atoms with van der Waals surface area (Å²) >= 11 is 1.81. The van der Waals surface area contributed by atoms with Crippen LogP contribution in [0.4, 0.5) is 0 Å². The maximum absolute atomic E-state index is 11.2. The Hall–Kier alpha value is -0.710. The molecule has 18 heavy (non-hydrogen) atoms. The van der Waals surface area contributed by atoms with Crippen LogP contribution in [0.2, 0.25) is 0 Å². The average Bonchev–Trinajstić information content (AvgIpc) is 2.30. The van der Waals surface area contributed by atoms with Crippen molar-refractivity contribution in [1.29, 1.82) is 0 Å². The number of carbonyl (C=O) groups is 1. The van der Waals surface area contributed by atoms with Crippen LogP contribution in [0.1, 0.15) is 18.1 Å². The second-order valence-corrected chi connectivity index (χ2v) is 5.22. The van der Waals surface area contributed by atoms with Crippen LogP contribution in [0.25, 0.3) is 0 Å². The Morgan fingerprint density at radius 1 is 1.39 bits per heavy atom. The maximum atomic E-state index is 11.2. The fraction of sp³-hybridized carbons (Fsp3) is 0.462. The minimum Gasteiger partial charge on any atom is -0.354 e. The van der Waals surface area contributed by atoms with Crippen molar-refractivity contribution in [2.45, 2.75) is 25.6 Å². The highest BCUT2D eigenvalue weighted by atomic mass is 35.5. The largest absolute Gasteiger partial charge is 0.354 e. The van der Waals surface area contributed by atoms with Gasteiger partial charge < -0.3 is 11.1 Å². The minimum absolute atomic E-state index is 0. The lowest BCUT2D eigenvalue weighted by atomic mass is 10.2. The van der Waals surface area contributed by atoms with E-state index >= 15 is 0 Å². The third-order valence-corrected chi connectivity index (χ3v) is 3.38. The number of carbonyl (C=O) groups excluding carboxylic acids is 1. The van der Waals surface area contributed by atoms with E-state index in [0.29, 0.717) is 6.54 Å². The van der Waals surface area contributed by atoms with E-state index in [0.717, 1.165) is 11.5 Å². The summed E-state index contributed by atoms with van der Waals surface area (Å²) in [5, 5.41) is 2.79. The Morgan fingerprint density at radius 3 is 2.56 bits per heavy atom. The Bertz CT molecular complexity index is 355. The van der Waals surface area contributed by atoms with E-state index in [9.17, 15) is 4.79 Å². The van der Waals surface area contributed by atoms with Crippen molar-refractivity contribution in [3.05, 3.63) is 35.4 Å². The summed E-state index contributed by atoms with van der Waals surface area (Å²) in [6.45, 7) is 4.45. The van der Waals surface area contributed by atoms with Gasteiger partial charge in [-0.1, -0.05) is 29.8 Å². The predicted octanol–water partition coefficient (Wildman–Crippen LogP) is 2.11. The first-order chi connectivity index (χ1) is 8.09. The van der Waals surface area contributed by atoms with Crippen molar-refractivity contribution in [1.82, 2.24) is 5.32 Å². The smallest absolute Gasteiger partial charge is 0.236 e. The standard InChI is InChI=1S/C13H20N2OS.ClH/c1-10-3-5-12(6-4-10)9-17-8-7-15-13(16)11(2)14;/h3-6,11H,7-9,14H2,1-2H3,(H,15,16);1H/t11-;/m1./s1. The molecule has 102 valence electrons. The highest BCUT2D eigenvalue weighted by Crippen LogP contribution is 2.12. The number of rotatable bonds is 6. The first-order valence-corrected chi connectivity index (χ1v) is 6.91.